The summed E-state index contributed by atoms with van der Waals surface area (Å²) in [7, 11) is 1.58. The maximum atomic E-state index is 12.2. The summed E-state index contributed by atoms with van der Waals surface area (Å²) in [6, 6.07) is 7.38. The van der Waals surface area contributed by atoms with Gasteiger partial charge in [0.25, 0.3) is 0 Å². The summed E-state index contributed by atoms with van der Waals surface area (Å²) in [5.41, 5.74) is 0.747. The minimum absolute atomic E-state index is 0.0254. The molecular formula is C14H17NO3. The number of hydrogen-bond donors (Lipinski definition) is 0. The zero-order valence-electron chi connectivity index (χ0n) is 10.7. The second-order valence-electron chi connectivity index (χ2n) is 4.32. The Balaban J connectivity index is 2.26. The number of Topliss-reactive ketones (excluding diaryl/α,β-unsaturated/α-hetero) is 1. The van der Waals surface area contributed by atoms with Crippen LogP contribution in [0.2, 0.25) is 0 Å². The molecule has 1 saturated heterocycles. The molecule has 1 fully saturated rings. The van der Waals surface area contributed by atoms with E-state index in [-0.39, 0.29) is 11.7 Å². The third-order valence-electron chi connectivity index (χ3n) is 3.32. The van der Waals surface area contributed by atoms with Gasteiger partial charge in [-0.3, -0.25) is 9.59 Å². The van der Waals surface area contributed by atoms with E-state index in [9.17, 15) is 9.59 Å². The third kappa shape index (κ3) is 2.10. The second kappa shape index (κ2) is 5.21. The van der Waals surface area contributed by atoms with Gasteiger partial charge in [-0.2, -0.15) is 0 Å². The van der Waals surface area contributed by atoms with Gasteiger partial charge in [-0.05, 0) is 18.6 Å². The van der Waals surface area contributed by atoms with Crippen LogP contribution in [-0.4, -0.2) is 25.3 Å². The number of benzene rings is 1. The van der Waals surface area contributed by atoms with Gasteiger partial charge in [0, 0.05) is 13.0 Å². The van der Waals surface area contributed by atoms with Crippen molar-refractivity contribution in [2.24, 2.45) is 5.92 Å². The van der Waals surface area contributed by atoms with E-state index < -0.39 is 5.92 Å². The maximum absolute atomic E-state index is 12.2. The highest BCUT2D eigenvalue weighted by Gasteiger charge is 2.37. The van der Waals surface area contributed by atoms with E-state index >= 15 is 0 Å². The molecule has 2 rings (SSSR count). The molecule has 1 heterocycles. The molecule has 0 spiro atoms. The molecule has 1 aromatic carbocycles. The number of anilines is 1. The van der Waals surface area contributed by atoms with Gasteiger partial charge in [-0.15, -0.1) is 0 Å². The number of carbonyl (C=O) groups excluding carboxylic acids is 2. The van der Waals surface area contributed by atoms with Gasteiger partial charge in [-0.1, -0.05) is 19.1 Å². The van der Waals surface area contributed by atoms with Crippen molar-refractivity contribution < 1.29 is 14.3 Å². The summed E-state index contributed by atoms with van der Waals surface area (Å²) < 4.78 is 5.25. The monoisotopic (exact) mass is 247 g/mol. The molecule has 18 heavy (non-hydrogen) atoms. The van der Waals surface area contributed by atoms with Crippen molar-refractivity contribution in [3.8, 4) is 5.75 Å². The van der Waals surface area contributed by atoms with E-state index in [1.807, 2.05) is 24.3 Å². The van der Waals surface area contributed by atoms with Crippen molar-refractivity contribution in [2.45, 2.75) is 19.8 Å². The molecule has 1 aliphatic heterocycles. The highest BCUT2D eigenvalue weighted by atomic mass is 16.5. The molecule has 0 aliphatic carbocycles. The van der Waals surface area contributed by atoms with Gasteiger partial charge >= 0.3 is 0 Å². The molecule has 4 nitrogen and oxygen atoms in total. The van der Waals surface area contributed by atoms with Crippen molar-refractivity contribution in [1.29, 1.82) is 0 Å². The lowest BCUT2D eigenvalue weighted by molar-refractivity contribution is -0.130. The minimum Gasteiger partial charge on any atom is -0.495 e. The number of methoxy groups -OCH3 is 1. The first-order valence-electron chi connectivity index (χ1n) is 6.16. The summed E-state index contributed by atoms with van der Waals surface area (Å²) >= 11 is 0. The molecule has 0 radical (unpaired) electrons. The first-order chi connectivity index (χ1) is 8.69. The molecule has 4 heteroatoms. The average Bonchev–Trinajstić information content (AvgIpc) is 2.79. The van der Waals surface area contributed by atoms with Gasteiger partial charge < -0.3 is 9.64 Å². The van der Waals surface area contributed by atoms with Crippen LogP contribution in [-0.2, 0) is 9.59 Å². The smallest absolute Gasteiger partial charge is 0.237 e. The van der Waals surface area contributed by atoms with Gasteiger partial charge in [0.05, 0.1) is 18.7 Å². The fourth-order valence-corrected chi connectivity index (χ4v) is 2.32. The third-order valence-corrected chi connectivity index (χ3v) is 3.32. The van der Waals surface area contributed by atoms with Crippen LogP contribution in [0.5, 0.6) is 5.75 Å². The van der Waals surface area contributed by atoms with E-state index in [0.717, 1.165) is 5.69 Å². The molecule has 1 aromatic rings. The molecule has 0 saturated carbocycles. The van der Waals surface area contributed by atoms with Crippen molar-refractivity contribution in [3.63, 3.8) is 0 Å². The Hall–Kier alpha value is -1.84. The Kier molecular flexibility index (Phi) is 3.65. The lowest BCUT2D eigenvalue weighted by atomic mass is 10.0. The van der Waals surface area contributed by atoms with E-state index in [4.69, 9.17) is 4.74 Å². The number of para-hydroxylation sites is 2. The van der Waals surface area contributed by atoms with Gasteiger partial charge in [0.1, 0.15) is 11.5 Å². The predicted octanol–water partition coefficient (Wildman–Crippen LogP) is 2.03. The number of hydrogen-bond acceptors (Lipinski definition) is 3. The summed E-state index contributed by atoms with van der Waals surface area (Å²) in [4.78, 5) is 25.6. The Bertz CT molecular complexity index is 470. The molecule has 0 bridgehead atoms. The predicted molar refractivity (Wildman–Crippen MR) is 68.8 cm³/mol. The zero-order chi connectivity index (χ0) is 13.1. The lowest BCUT2D eigenvalue weighted by Crippen LogP contribution is -2.30. The highest BCUT2D eigenvalue weighted by molar-refractivity contribution is 6.10. The summed E-state index contributed by atoms with van der Waals surface area (Å²) in [5, 5.41) is 0. The van der Waals surface area contributed by atoms with Crippen LogP contribution in [0.1, 0.15) is 19.8 Å². The Morgan fingerprint density at radius 1 is 1.44 bits per heavy atom. The van der Waals surface area contributed by atoms with Crippen LogP contribution in [0, 0.1) is 5.92 Å². The van der Waals surface area contributed by atoms with E-state index in [2.05, 4.69) is 0 Å². The minimum atomic E-state index is -0.472. The topological polar surface area (TPSA) is 46.6 Å². The summed E-state index contributed by atoms with van der Waals surface area (Å²) in [6.07, 6.45) is 1.01. The van der Waals surface area contributed by atoms with Crippen molar-refractivity contribution in [3.05, 3.63) is 24.3 Å². The quantitative estimate of drug-likeness (QED) is 0.765. The Morgan fingerprint density at radius 2 is 2.17 bits per heavy atom. The van der Waals surface area contributed by atoms with E-state index in [1.54, 1.807) is 18.9 Å². The zero-order valence-corrected chi connectivity index (χ0v) is 10.7. The van der Waals surface area contributed by atoms with Crippen LogP contribution in [0.25, 0.3) is 0 Å². The number of amides is 1. The first-order valence-corrected chi connectivity index (χ1v) is 6.16. The standard InChI is InChI=1S/C14H17NO3/c1-3-12(16)10-8-9-15(14(10)17)11-6-4-5-7-13(11)18-2/h4-7,10H,3,8-9H2,1-2H3. The Morgan fingerprint density at radius 3 is 2.83 bits per heavy atom. The summed E-state index contributed by atoms with van der Waals surface area (Å²) in [6.45, 7) is 2.37. The molecule has 1 atom stereocenters. The van der Waals surface area contributed by atoms with Crippen molar-refractivity contribution >= 4 is 17.4 Å². The molecule has 0 N–H and O–H groups in total. The van der Waals surface area contributed by atoms with Gasteiger partial charge in [0.15, 0.2) is 0 Å². The number of ether oxygens (including phenoxy) is 1. The lowest BCUT2D eigenvalue weighted by Gasteiger charge is -2.19. The molecule has 0 aromatic heterocycles. The largest absolute Gasteiger partial charge is 0.495 e. The van der Waals surface area contributed by atoms with Crippen molar-refractivity contribution in [2.75, 3.05) is 18.6 Å². The first kappa shape index (κ1) is 12.6. The fraction of sp³-hybridized carbons (Fsp3) is 0.429. The molecule has 96 valence electrons. The average molecular weight is 247 g/mol. The number of carbonyl (C=O) groups is 2. The van der Waals surface area contributed by atoms with Gasteiger partial charge in [-0.25, -0.2) is 0 Å². The van der Waals surface area contributed by atoms with Crippen LogP contribution >= 0.6 is 0 Å². The number of rotatable bonds is 4. The van der Waals surface area contributed by atoms with E-state index in [1.165, 1.54) is 0 Å². The molecule has 1 amide bonds. The van der Waals surface area contributed by atoms with Crippen LogP contribution in [0.4, 0.5) is 5.69 Å². The molecule has 1 unspecified atom stereocenters. The maximum Gasteiger partial charge on any atom is 0.237 e. The van der Waals surface area contributed by atoms with Crippen LogP contribution in [0.3, 0.4) is 0 Å². The fourth-order valence-electron chi connectivity index (χ4n) is 2.32. The van der Waals surface area contributed by atoms with Crippen LogP contribution in [0.15, 0.2) is 24.3 Å². The number of nitrogens with zero attached hydrogens (tertiary/aromatic N) is 1. The summed E-state index contributed by atoms with van der Waals surface area (Å²) in [5.74, 6) is 0.110. The molecule has 1 aliphatic rings. The normalized spacial score (nSPS) is 19.1. The number of ketones is 1. The highest BCUT2D eigenvalue weighted by Crippen LogP contribution is 2.33. The van der Waals surface area contributed by atoms with Gasteiger partial charge in [0.2, 0.25) is 5.91 Å². The SMILES string of the molecule is CCC(=O)C1CCN(c2ccccc2OC)C1=O. The molecular weight excluding hydrogens is 230 g/mol. The van der Waals surface area contributed by atoms with E-state index in [0.29, 0.717) is 25.1 Å². The van der Waals surface area contributed by atoms with Crippen molar-refractivity contribution in [1.82, 2.24) is 0 Å². The van der Waals surface area contributed by atoms with Crippen LogP contribution < -0.4 is 9.64 Å². The second-order valence-corrected chi connectivity index (χ2v) is 4.32. The Labute approximate surface area is 107 Å².